The van der Waals surface area contributed by atoms with E-state index in [9.17, 15) is 4.39 Å². The number of nitrogens with one attached hydrogen (secondary N) is 1. The standard InChI is InChI=1S/C22H19FN8O/c1-30-19(6-9-25-30)27-22-24-8-5-17(26-22)15-7-10-31-20(28-29-21(31)13-15)12-14-3-4-16(23)18(11-14)32-2/h3-11,13H,12H2,1-2H3,(H,24,26,27). The fraction of sp³-hybridized carbons (Fsp3) is 0.136. The van der Waals surface area contributed by atoms with Gasteiger partial charge in [-0.05, 0) is 35.9 Å². The van der Waals surface area contributed by atoms with Gasteiger partial charge in [-0.1, -0.05) is 6.07 Å². The topological polar surface area (TPSA) is 95.0 Å². The van der Waals surface area contributed by atoms with Gasteiger partial charge in [0, 0.05) is 37.5 Å². The SMILES string of the molecule is COc1cc(Cc2nnc3cc(-c4ccnc(Nc5ccnn5C)n4)ccn23)ccc1F. The van der Waals surface area contributed by atoms with Crippen molar-refractivity contribution in [3.05, 3.63) is 78.3 Å². The number of benzene rings is 1. The summed E-state index contributed by atoms with van der Waals surface area (Å²) < 4.78 is 22.4. The number of rotatable bonds is 6. The van der Waals surface area contributed by atoms with Crippen LogP contribution in [-0.2, 0) is 13.5 Å². The van der Waals surface area contributed by atoms with Gasteiger partial charge in [0.15, 0.2) is 17.2 Å². The number of nitrogens with zero attached hydrogens (tertiary/aromatic N) is 7. The smallest absolute Gasteiger partial charge is 0.228 e. The molecule has 0 saturated heterocycles. The van der Waals surface area contributed by atoms with Gasteiger partial charge in [0.25, 0.3) is 0 Å². The number of pyridine rings is 1. The normalized spacial score (nSPS) is 11.1. The second-order valence-corrected chi connectivity index (χ2v) is 7.14. The summed E-state index contributed by atoms with van der Waals surface area (Å²) in [5.41, 5.74) is 3.20. The van der Waals surface area contributed by atoms with Gasteiger partial charge in [0.05, 0.1) is 19.0 Å². The maximum Gasteiger partial charge on any atom is 0.228 e. The summed E-state index contributed by atoms with van der Waals surface area (Å²) in [6.45, 7) is 0. The van der Waals surface area contributed by atoms with Crippen molar-refractivity contribution < 1.29 is 9.13 Å². The molecule has 1 aromatic carbocycles. The van der Waals surface area contributed by atoms with Gasteiger partial charge in [-0.15, -0.1) is 10.2 Å². The average Bonchev–Trinajstić information content (AvgIpc) is 3.40. The minimum atomic E-state index is -0.394. The van der Waals surface area contributed by atoms with Gasteiger partial charge in [0.1, 0.15) is 11.6 Å². The molecule has 0 bridgehead atoms. The number of hydrogen-bond acceptors (Lipinski definition) is 7. The maximum absolute atomic E-state index is 13.7. The molecular formula is C22H19FN8O. The van der Waals surface area contributed by atoms with E-state index in [1.165, 1.54) is 13.2 Å². The molecule has 5 aromatic rings. The first-order chi connectivity index (χ1) is 15.6. The molecule has 0 aliphatic carbocycles. The van der Waals surface area contributed by atoms with Crippen LogP contribution in [0.15, 0.2) is 61.1 Å². The lowest BCUT2D eigenvalue weighted by Gasteiger charge is -2.07. The number of methoxy groups -OCH3 is 1. The summed E-state index contributed by atoms with van der Waals surface area (Å²) in [5.74, 6) is 1.81. The zero-order valence-electron chi connectivity index (χ0n) is 17.4. The van der Waals surface area contributed by atoms with Crippen LogP contribution in [0.1, 0.15) is 11.4 Å². The lowest BCUT2D eigenvalue weighted by Crippen LogP contribution is -2.03. The largest absolute Gasteiger partial charge is 0.494 e. The van der Waals surface area contributed by atoms with Crippen molar-refractivity contribution in [2.75, 3.05) is 12.4 Å². The Labute approximate surface area is 182 Å². The van der Waals surface area contributed by atoms with Crippen LogP contribution < -0.4 is 10.1 Å². The third-order valence-electron chi connectivity index (χ3n) is 5.07. The number of fused-ring (bicyclic) bond motifs is 1. The van der Waals surface area contributed by atoms with Gasteiger partial charge in [-0.3, -0.25) is 9.08 Å². The number of hydrogen-bond donors (Lipinski definition) is 1. The highest BCUT2D eigenvalue weighted by Crippen LogP contribution is 2.23. The number of anilines is 2. The predicted octanol–water partition coefficient (Wildman–Crippen LogP) is 3.40. The highest BCUT2D eigenvalue weighted by Gasteiger charge is 2.11. The highest BCUT2D eigenvalue weighted by atomic mass is 19.1. The molecule has 1 N–H and O–H groups in total. The van der Waals surface area contributed by atoms with Crippen molar-refractivity contribution in [1.82, 2.24) is 34.3 Å². The average molecular weight is 430 g/mol. The van der Waals surface area contributed by atoms with E-state index >= 15 is 0 Å². The fourth-order valence-corrected chi connectivity index (χ4v) is 3.41. The first-order valence-corrected chi connectivity index (χ1v) is 9.85. The van der Waals surface area contributed by atoms with Crippen molar-refractivity contribution >= 4 is 17.4 Å². The monoisotopic (exact) mass is 430 g/mol. The Morgan fingerprint density at radius 2 is 1.97 bits per heavy atom. The Balaban J connectivity index is 1.42. The number of halogens is 1. The van der Waals surface area contributed by atoms with Crippen molar-refractivity contribution in [2.24, 2.45) is 7.05 Å². The molecule has 9 nitrogen and oxygen atoms in total. The van der Waals surface area contributed by atoms with Gasteiger partial charge >= 0.3 is 0 Å². The zero-order valence-corrected chi connectivity index (χ0v) is 17.4. The van der Waals surface area contributed by atoms with E-state index in [1.807, 2.05) is 41.9 Å². The molecule has 0 aliphatic rings. The second kappa shape index (κ2) is 8.06. The minimum absolute atomic E-state index is 0.206. The van der Waals surface area contributed by atoms with E-state index in [1.54, 1.807) is 29.2 Å². The van der Waals surface area contributed by atoms with Crippen LogP contribution >= 0.6 is 0 Å². The Kier molecular flexibility index (Phi) is 4.94. The van der Waals surface area contributed by atoms with E-state index in [2.05, 4.69) is 30.6 Å². The number of aromatic nitrogens is 7. The summed E-state index contributed by atoms with van der Waals surface area (Å²) in [6.07, 6.45) is 5.79. The van der Waals surface area contributed by atoms with E-state index < -0.39 is 5.82 Å². The van der Waals surface area contributed by atoms with Crippen molar-refractivity contribution in [2.45, 2.75) is 6.42 Å². The van der Waals surface area contributed by atoms with Crippen LogP contribution in [0.4, 0.5) is 16.2 Å². The Morgan fingerprint density at radius 3 is 2.78 bits per heavy atom. The highest BCUT2D eigenvalue weighted by molar-refractivity contribution is 5.65. The van der Waals surface area contributed by atoms with E-state index in [0.717, 1.165) is 28.5 Å². The molecule has 4 aromatic heterocycles. The Morgan fingerprint density at radius 1 is 1.06 bits per heavy atom. The van der Waals surface area contributed by atoms with Crippen LogP contribution in [0.3, 0.4) is 0 Å². The summed E-state index contributed by atoms with van der Waals surface area (Å²) in [4.78, 5) is 8.88. The lowest BCUT2D eigenvalue weighted by molar-refractivity contribution is 0.386. The molecule has 0 fully saturated rings. The van der Waals surface area contributed by atoms with E-state index in [-0.39, 0.29) is 5.75 Å². The van der Waals surface area contributed by atoms with Crippen LogP contribution in [-0.4, -0.2) is 41.5 Å². The molecule has 0 spiro atoms. The van der Waals surface area contributed by atoms with E-state index in [0.29, 0.717) is 18.0 Å². The quantitative estimate of drug-likeness (QED) is 0.441. The molecule has 0 radical (unpaired) electrons. The Hall–Kier alpha value is -4.34. The molecule has 0 atom stereocenters. The van der Waals surface area contributed by atoms with Crippen molar-refractivity contribution in [3.63, 3.8) is 0 Å². The van der Waals surface area contributed by atoms with Crippen molar-refractivity contribution in [1.29, 1.82) is 0 Å². The molecule has 10 heteroatoms. The molecule has 0 aliphatic heterocycles. The van der Waals surface area contributed by atoms with Gasteiger partial charge in [0.2, 0.25) is 5.95 Å². The summed E-state index contributed by atoms with van der Waals surface area (Å²) in [7, 11) is 3.28. The molecule has 4 heterocycles. The van der Waals surface area contributed by atoms with Gasteiger partial charge in [-0.2, -0.15) is 5.10 Å². The summed E-state index contributed by atoms with van der Waals surface area (Å²) in [6, 6.07) is 12.3. The molecular weight excluding hydrogens is 411 g/mol. The summed E-state index contributed by atoms with van der Waals surface area (Å²) in [5, 5.41) is 15.9. The number of aryl methyl sites for hydroxylation is 1. The third kappa shape index (κ3) is 3.73. The number of ether oxygens (including phenoxy) is 1. The minimum Gasteiger partial charge on any atom is -0.494 e. The first kappa shape index (κ1) is 19.6. The van der Waals surface area contributed by atoms with Crippen LogP contribution in [0.25, 0.3) is 16.9 Å². The second-order valence-electron chi connectivity index (χ2n) is 7.14. The third-order valence-corrected chi connectivity index (χ3v) is 5.07. The van der Waals surface area contributed by atoms with Gasteiger partial charge in [-0.25, -0.2) is 14.4 Å². The maximum atomic E-state index is 13.7. The molecule has 32 heavy (non-hydrogen) atoms. The molecule has 5 rings (SSSR count). The van der Waals surface area contributed by atoms with Crippen molar-refractivity contribution in [3.8, 4) is 17.0 Å². The predicted molar refractivity (Wildman–Crippen MR) is 116 cm³/mol. The van der Waals surface area contributed by atoms with Crippen LogP contribution in [0, 0.1) is 5.82 Å². The molecule has 0 amide bonds. The fourth-order valence-electron chi connectivity index (χ4n) is 3.41. The van der Waals surface area contributed by atoms with E-state index in [4.69, 9.17) is 4.74 Å². The summed E-state index contributed by atoms with van der Waals surface area (Å²) >= 11 is 0. The Bertz CT molecular complexity index is 1410. The zero-order chi connectivity index (χ0) is 22.1. The molecule has 0 saturated carbocycles. The lowest BCUT2D eigenvalue weighted by atomic mass is 10.1. The van der Waals surface area contributed by atoms with Gasteiger partial charge < -0.3 is 10.1 Å². The molecule has 0 unspecified atom stereocenters. The van der Waals surface area contributed by atoms with Crippen LogP contribution in [0.2, 0.25) is 0 Å². The first-order valence-electron chi connectivity index (χ1n) is 9.85. The van der Waals surface area contributed by atoms with Crippen LogP contribution in [0.5, 0.6) is 5.75 Å². The molecule has 160 valence electrons.